The molecule has 4 rings (SSSR count). The Kier molecular flexibility index (Phi) is 3.99. The maximum absolute atomic E-state index is 13.0. The molecule has 2 aliphatic heterocycles. The first-order chi connectivity index (χ1) is 12.0. The Bertz CT molecular complexity index is 802. The van der Waals surface area contributed by atoms with E-state index < -0.39 is 0 Å². The second kappa shape index (κ2) is 6.18. The van der Waals surface area contributed by atoms with Crippen molar-refractivity contribution < 1.29 is 9.53 Å². The van der Waals surface area contributed by atoms with Crippen molar-refractivity contribution in [1.82, 2.24) is 29.9 Å². The molecule has 0 aliphatic carbocycles. The van der Waals surface area contributed by atoms with Crippen LogP contribution in [-0.4, -0.2) is 55.0 Å². The van der Waals surface area contributed by atoms with Crippen LogP contribution in [0, 0.1) is 6.92 Å². The summed E-state index contributed by atoms with van der Waals surface area (Å²) in [5.74, 6) is 0.975. The van der Waals surface area contributed by atoms with Gasteiger partial charge in [-0.25, -0.2) is 14.6 Å². The quantitative estimate of drug-likeness (QED) is 0.822. The van der Waals surface area contributed by atoms with Gasteiger partial charge in [-0.2, -0.15) is 0 Å². The summed E-state index contributed by atoms with van der Waals surface area (Å²) >= 11 is 0. The van der Waals surface area contributed by atoms with Crippen molar-refractivity contribution in [2.45, 2.75) is 51.9 Å². The van der Waals surface area contributed by atoms with Crippen LogP contribution < -0.4 is 0 Å². The molecule has 1 saturated heterocycles. The van der Waals surface area contributed by atoms with Crippen molar-refractivity contribution in [3.63, 3.8) is 0 Å². The zero-order chi connectivity index (χ0) is 17.6. The SMILES string of the molecule is Cc1nc(C(C)C)ncc1C(=O)N1CC[C@@H]2OCc3cnnn3[C@H]2C1. The molecule has 132 valence electrons. The van der Waals surface area contributed by atoms with Crippen LogP contribution >= 0.6 is 0 Å². The van der Waals surface area contributed by atoms with Crippen LogP contribution in [0.5, 0.6) is 0 Å². The standard InChI is InChI=1S/C17H22N6O2/c1-10(2)16-18-7-13(11(3)20-16)17(24)22-5-4-15-14(8-22)23-12(9-25-15)6-19-21-23/h6-7,10,14-15H,4-5,8-9H2,1-3H3/t14-,15-/m0/s1. The van der Waals surface area contributed by atoms with Crippen LogP contribution in [0.4, 0.5) is 0 Å². The van der Waals surface area contributed by atoms with E-state index in [2.05, 4.69) is 20.3 Å². The minimum atomic E-state index is -0.0292. The summed E-state index contributed by atoms with van der Waals surface area (Å²) in [7, 11) is 0. The van der Waals surface area contributed by atoms with Gasteiger partial charge in [0.25, 0.3) is 5.91 Å². The normalized spacial score (nSPS) is 22.6. The zero-order valence-electron chi connectivity index (χ0n) is 14.7. The summed E-state index contributed by atoms with van der Waals surface area (Å²) in [5, 5.41) is 8.15. The number of likely N-dealkylation sites (tertiary alicyclic amines) is 1. The van der Waals surface area contributed by atoms with Crippen LogP contribution in [0.25, 0.3) is 0 Å². The van der Waals surface area contributed by atoms with Crippen molar-refractivity contribution in [3.05, 3.63) is 35.2 Å². The highest BCUT2D eigenvalue weighted by Gasteiger charge is 2.38. The van der Waals surface area contributed by atoms with Crippen molar-refractivity contribution in [2.75, 3.05) is 13.1 Å². The molecule has 2 atom stereocenters. The molecule has 8 heteroatoms. The number of fused-ring (bicyclic) bond motifs is 3. The molecule has 0 aromatic carbocycles. The molecule has 0 radical (unpaired) electrons. The number of hydrogen-bond donors (Lipinski definition) is 0. The number of carbonyl (C=O) groups is 1. The first-order valence-electron chi connectivity index (χ1n) is 8.68. The number of ether oxygens (including phenoxy) is 1. The molecular weight excluding hydrogens is 320 g/mol. The molecular formula is C17H22N6O2. The lowest BCUT2D eigenvalue weighted by Gasteiger charge is -2.41. The number of hydrogen-bond acceptors (Lipinski definition) is 6. The minimum Gasteiger partial charge on any atom is -0.370 e. The number of amides is 1. The molecule has 1 amide bonds. The smallest absolute Gasteiger partial charge is 0.257 e. The van der Waals surface area contributed by atoms with Gasteiger partial charge in [0.15, 0.2) is 0 Å². The topological polar surface area (TPSA) is 86.0 Å². The molecule has 0 bridgehead atoms. The van der Waals surface area contributed by atoms with Crippen molar-refractivity contribution in [2.24, 2.45) is 0 Å². The first kappa shape index (κ1) is 16.1. The van der Waals surface area contributed by atoms with Crippen LogP contribution in [-0.2, 0) is 11.3 Å². The fourth-order valence-electron chi connectivity index (χ4n) is 3.51. The summed E-state index contributed by atoms with van der Waals surface area (Å²) in [4.78, 5) is 23.7. The Labute approximate surface area is 146 Å². The Morgan fingerprint density at radius 3 is 2.96 bits per heavy atom. The average molecular weight is 342 g/mol. The molecule has 0 saturated carbocycles. The van der Waals surface area contributed by atoms with Crippen LogP contribution in [0.15, 0.2) is 12.4 Å². The Hall–Kier alpha value is -2.35. The van der Waals surface area contributed by atoms with E-state index in [-0.39, 0.29) is 24.0 Å². The highest BCUT2D eigenvalue weighted by atomic mass is 16.5. The second-order valence-electron chi connectivity index (χ2n) is 7.01. The Balaban J connectivity index is 1.56. The largest absolute Gasteiger partial charge is 0.370 e. The molecule has 4 heterocycles. The maximum Gasteiger partial charge on any atom is 0.257 e. The monoisotopic (exact) mass is 342 g/mol. The maximum atomic E-state index is 13.0. The zero-order valence-corrected chi connectivity index (χ0v) is 14.7. The number of aromatic nitrogens is 5. The van der Waals surface area contributed by atoms with Gasteiger partial charge in [0.1, 0.15) is 5.82 Å². The van der Waals surface area contributed by atoms with Crippen molar-refractivity contribution >= 4 is 5.91 Å². The number of piperidine rings is 1. The third-order valence-electron chi connectivity index (χ3n) is 4.96. The molecule has 1 fully saturated rings. The van der Waals surface area contributed by atoms with Gasteiger partial charge in [0, 0.05) is 25.2 Å². The Morgan fingerprint density at radius 2 is 2.20 bits per heavy atom. The molecule has 8 nitrogen and oxygen atoms in total. The highest BCUT2D eigenvalue weighted by molar-refractivity contribution is 5.95. The van der Waals surface area contributed by atoms with Gasteiger partial charge in [-0.3, -0.25) is 4.79 Å². The van der Waals surface area contributed by atoms with Gasteiger partial charge >= 0.3 is 0 Å². The summed E-state index contributed by atoms with van der Waals surface area (Å²) in [6.45, 7) is 7.71. The van der Waals surface area contributed by atoms with Crippen LogP contribution in [0.1, 0.15) is 59.8 Å². The lowest BCUT2D eigenvalue weighted by molar-refractivity contribution is -0.0605. The van der Waals surface area contributed by atoms with E-state index in [1.165, 1.54) is 0 Å². The van der Waals surface area contributed by atoms with Crippen molar-refractivity contribution in [3.8, 4) is 0 Å². The molecule has 0 N–H and O–H groups in total. The van der Waals surface area contributed by atoms with Gasteiger partial charge in [0.05, 0.1) is 41.9 Å². The van der Waals surface area contributed by atoms with Gasteiger partial charge in [0.2, 0.25) is 0 Å². The number of aryl methyl sites for hydroxylation is 1. The lowest BCUT2D eigenvalue weighted by Crippen LogP contribution is -2.50. The second-order valence-corrected chi connectivity index (χ2v) is 7.01. The molecule has 0 unspecified atom stereocenters. The molecule has 2 aliphatic rings. The number of nitrogens with zero attached hydrogens (tertiary/aromatic N) is 6. The lowest BCUT2D eigenvalue weighted by atomic mass is 9.99. The minimum absolute atomic E-state index is 0.0140. The van der Waals surface area contributed by atoms with Gasteiger partial charge < -0.3 is 9.64 Å². The summed E-state index contributed by atoms with van der Waals surface area (Å²) in [6, 6.07) is 0.0140. The number of rotatable bonds is 2. The van der Waals surface area contributed by atoms with E-state index in [1.54, 1.807) is 12.4 Å². The molecule has 2 aromatic rings. The third-order valence-corrected chi connectivity index (χ3v) is 4.96. The molecule has 0 spiro atoms. The first-order valence-corrected chi connectivity index (χ1v) is 8.68. The highest BCUT2D eigenvalue weighted by Crippen LogP contribution is 2.30. The van der Waals surface area contributed by atoms with Crippen LogP contribution in [0.3, 0.4) is 0 Å². The average Bonchev–Trinajstić information content (AvgIpc) is 3.09. The Morgan fingerprint density at radius 1 is 1.36 bits per heavy atom. The third kappa shape index (κ3) is 2.80. The summed E-state index contributed by atoms with van der Waals surface area (Å²) in [5.41, 5.74) is 2.25. The summed E-state index contributed by atoms with van der Waals surface area (Å²) in [6.07, 6.45) is 4.25. The van der Waals surface area contributed by atoms with E-state index in [4.69, 9.17) is 4.74 Å². The molecule has 2 aromatic heterocycles. The van der Waals surface area contributed by atoms with Crippen LogP contribution in [0.2, 0.25) is 0 Å². The van der Waals surface area contributed by atoms with Gasteiger partial charge in [-0.15, -0.1) is 5.10 Å². The van der Waals surface area contributed by atoms with E-state index in [0.717, 1.165) is 23.6 Å². The van der Waals surface area contributed by atoms with E-state index >= 15 is 0 Å². The van der Waals surface area contributed by atoms with E-state index in [0.29, 0.717) is 25.3 Å². The van der Waals surface area contributed by atoms with E-state index in [1.807, 2.05) is 30.4 Å². The predicted octanol–water partition coefficient (Wildman–Crippen LogP) is 1.49. The van der Waals surface area contributed by atoms with Gasteiger partial charge in [-0.1, -0.05) is 19.1 Å². The van der Waals surface area contributed by atoms with E-state index in [9.17, 15) is 4.79 Å². The summed E-state index contributed by atoms with van der Waals surface area (Å²) < 4.78 is 7.80. The predicted molar refractivity (Wildman–Crippen MR) is 89.0 cm³/mol. The fourth-order valence-corrected chi connectivity index (χ4v) is 3.51. The fraction of sp³-hybridized carbons (Fsp3) is 0.588. The van der Waals surface area contributed by atoms with Gasteiger partial charge in [-0.05, 0) is 13.3 Å². The number of carbonyl (C=O) groups excluding carboxylic acids is 1. The molecule has 25 heavy (non-hydrogen) atoms. The van der Waals surface area contributed by atoms with Crippen molar-refractivity contribution in [1.29, 1.82) is 0 Å².